The lowest BCUT2D eigenvalue weighted by molar-refractivity contribution is 0.0943. The second kappa shape index (κ2) is 8.62. The zero-order valence-electron chi connectivity index (χ0n) is 15.2. The molecule has 0 aliphatic carbocycles. The third-order valence-electron chi connectivity index (χ3n) is 4.09. The third-order valence-corrected chi connectivity index (χ3v) is 4.09. The van der Waals surface area contributed by atoms with E-state index in [1.165, 1.54) is 0 Å². The van der Waals surface area contributed by atoms with E-state index in [1.54, 1.807) is 12.1 Å². The number of carbonyl (C=O) groups is 1. The molecule has 26 heavy (non-hydrogen) atoms. The molecule has 2 heterocycles. The Morgan fingerprint density at radius 3 is 2.62 bits per heavy atom. The van der Waals surface area contributed by atoms with E-state index in [4.69, 9.17) is 4.74 Å². The van der Waals surface area contributed by atoms with Crippen molar-refractivity contribution < 1.29 is 9.53 Å². The highest BCUT2D eigenvalue weighted by molar-refractivity contribution is 5.92. The Bertz CT molecular complexity index is 727. The molecule has 0 radical (unpaired) electrons. The van der Waals surface area contributed by atoms with E-state index in [2.05, 4.69) is 31.8 Å². The Morgan fingerprint density at radius 2 is 1.92 bits per heavy atom. The van der Waals surface area contributed by atoms with Gasteiger partial charge in [-0.25, -0.2) is 0 Å². The minimum absolute atomic E-state index is 0.202. The molecule has 1 aliphatic heterocycles. The molecule has 1 aromatic heterocycles. The summed E-state index contributed by atoms with van der Waals surface area (Å²) in [6, 6.07) is 11.5. The number of benzene rings is 1. The summed E-state index contributed by atoms with van der Waals surface area (Å²) in [5, 5.41) is 14.3. The van der Waals surface area contributed by atoms with Gasteiger partial charge in [-0.3, -0.25) is 4.79 Å². The van der Waals surface area contributed by atoms with Crippen LogP contribution in [-0.2, 0) is 4.74 Å². The number of morpholine rings is 1. The zero-order valence-corrected chi connectivity index (χ0v) is 15.2. The summed E-state index contributed by atoms with van der Waals surface area (Å²) < 4.78 is 5.43. The lowest BCUT2D eigenvalue weighted by atomic mass is 10.2. The molecule has 1 fully saturated rings. The molecule has 0 atom stereocenters. The molecule has 1 saturated heterocycles. The summed E-state index contributed by atoms with van der Waals surface area (Å²) in [5.74, 6) is 0.794. The van der Waals surface area contributed by atoms with Crippen molar-refractivity contribution >= 4 is 23.1 Å². The molecule has 1 amide bonds. The van der Waals surface area contributed by atoms with Crippen LogP contribution in [0.15, 0.2) is 36.4 Å². The summed E-state index contributed by atoms with van der Waals surface area (Å²) >= 11 is 0. The fraction of sp³-hybridized carbons (Fsp3) is 0.421. The number of rotatable bonds is 6. The van der Waals surface area contributed by atoms with Crippen LogP contribution >= 0.6 is 0 Å². The number of hydrogen-bond donors (Lipinski definition) is 2. The van der Waals surface area contributed by atoms with Crippen molar-refractivity contribution in [1.29, 1.82) is 0 Å². The second-order valence-electron chi connectivity index (χ2n) is 6.65. The van der Waals surface area contributed by atoms with Gasteiger partial charge in [0.1, 0.15) is 0 Å². The van der Waals surface area contributed by atoms with Crippen LogP contribution in [0.25, 0.3) is 0 Å². The Kier molecular flexibility index (Phi) is 6.01. The lowest BCUT2D eigenvalue weighted by Gasteiger charge is -2.30. The van der Waals surface area contributed by atoms with Crippen LogP contribution in [0.5, 0.6) is 0 Å². The number of amides is 1. The highest BCUT2D eigenvalue weighted by atomic mass is 16.5. The van der Waals surface area contributed by atoms with Gasteiger partial charge in [0.15, 0.2) is 11.5 Å². The van der Waals surface area contributed by atoms with Crippen molar-refractivity contribution in [2.24, 2.45) is 5.92 Å². The van der Waals surface area contributed by atoms with Crippen LogP contribution < -0.4 is 15.5 Å². The van der Waals surface area contributed by atoms with Gasteiger partial charge in [0.25, 0.3) is 5.91 Å². The fourth-order valence-electron chi connectivity index (χ4n) is 2.70. The van der Waals surface area contributed by atoms with Gasteiger partial charge in [-0.05, 0) is 30.2 Å². The summed E-state index contributed by atoms with van der Waals surface area (Å²) in [7, 11) is 0. The van der Waals surface area contributed by atoms with Gasteiger partial charge in [0.05, 0.1) is 24.6 Å². The smallest absolute Gasteiger partial charge is 0.271 e. The Hall–Kier alpha value is -2.67. The third kappa shape index (κ3) is 4.70. The number of hydrogen-bond acceptors (Lipinski definition) is 6. The van der Waals surface area contributed by atoms with Gasteiger partial charge in [0, 0.05) is 19.6 Å². The van der Waals surface area contributed by atoms with E-state index in [9.17, 15) is 4.79 Å². The molecular weight excluding hydrogens is 330 g/mol. The molecule has 0 bridgehead atoms. The second-order valence-corrected chi connectivity index (χ2v) is 6.65. The normalized spacial score (nSPS) is 14.3. The van der Waals surface area contributed by atoms with Crippen LogP contribution in [-0.4, -0.2) is 49.0 Å². The number of anilines is 3. The average Bonchev–Trinajstić information content (AvgIpc) is 2.68. The average molecular weight is 355 g/mol. The minimum atomic E-state index is -0.202. The van der Waals surface area contributed by atoms with Crippen molar-refractivity contribution in [1.82, 2.24) is 15.5 Å². The van der Waals surface area contributed by atoms with E-state index < -0.39 is 0 Å². The SMILES string of the molecule is CC(C)CNC(=O)c1ccc(Nc2ccccc2N2CCOCC2)nn1. The molecule has 0 unspecified atom stereocenters. The van der Waals surface area contributed by atoms with Crippen molar-refractivity contribution in [3.63, 3.8) is 0 Å². The zero-order chi connectivity index (χ0) is 18.4. The first-order valence-electron chi connectivity index (χ1n) is 8.94. The van der Waals surface area contributed by atoms with E-state index in [0.29, 0.717) is 24.0 Å². The van der Waals surface area contributed by atoms with Crippen LogP contribution in [0.4, 0.5) is 17.2 Å². The molecule has 7 nitrogen and oxygen atoms in total. The standard InChI is InChI=1S/C19H25N5O2/c1-14(2)13-20-19(25)16-7-8-18(23-22-16)21-15-5-3-4-6-17(15)24-9-11-26-12-10-24/h3-8,14H,9-13H2,1-2H3,(H,20,25)(H,21,23). The number of aromatic nitrogens is 2. The van der Waals surface area contributed by atoms with Crippen LogP contribution in [0, 0.1) is 5.92 Å². The van der Waals surface area contributed by atoms with Gasteiger partial charge in [0.2, 0.25) is 0 Å². The molecule has 0 spiro atoms. The Labute approximate surface area is 153 Å². The lowest BCUT2D eigenvalue weighted by Crippen LogP contribution is -2.36. The van der Waals surface area contributed by atoms with Gasteiger partial charge in [-0.1, -0.05) is 26.0 Å². The highest BCUT2D eigenvalue weighted by Crippen LogP contribution is 2.28. The minimum Gasteiger partial charge on any atom is -0.378 e. The molecule has 0 saturated carbocycles. The molecular formula is C19H25N5O2. The summed E-state index contributed by atoms with van der Waals surface area (Å²) in [6.45, 7) is 7.89. The van der Waals surface area contributed by atoms with Crippen LogP contribution in [0.2, 0.25) is 0 Å². The van der Waals surface area contributed by atoms with Crippen molar-refractivity contribution in [2.75, 3.05) is 43.1 Å². The highest BCUT2D eigenvalue weighted by Gasteiger charge is 2.15. The topological polar surface area (TPSA) is 79.4 Å². The number of carbonyl (C=O) groups excluding carboxylic acids is 1. The number of ether oxygens (including phenoxy) is 1. The first-order valence-corrected chi connectivity index (χ1v) is 8.94. The van der Waals surface area contributed by atoms with Crippen molar-refractivity contribution in [2.45, 2.75) is 13.8 Å². The molecule has 7 heteroatoms. The first kappa shape index (κ1) is 18.1. The van der Waals surface area contributed by atoms with E-state index in [0.717, 1.165) is 37.7 Å². The molecule has 1 aromatic carbocycles. The predicted octanol–water partition coefficient (Wildman–Crippen LogP) is 2.44. The molecule has 3 rings (SSSR count). The maximum Gasteiger partial charge on any atom is 0.271 e. The van der Waals surface area contributed by atoms with Gasteiger partial charge < -0.3 is 20.3 Å². The van der Waals surface area contributed by atoms with Crippen molar-refractivity contribution in [3.05, 3.63) is 42.1 Å². The van der Waals surface area contributed by atoms with Crippen molar-refractivity contribution in [3.8, 4) is 0 Å². The Balaban J connectivity index is 1.69. The Morgan fingerprint density at radius 1 is 1.15 bits per heavy atom. The monoisotopic (exact) mass is 355 g/mol. The van der Waals surface area contributed by atoms with E-state index >= 15 is 0 Å². The van der Waals surface area contributed by atoms with Gasteiger partial charge >= 0.3 is 0 Å². The van der Waals surface area contributed by atoms with E-state index in [-0.39, 0.29) is 5.91 Å². The van der Waals surface area contributed by atoms with Crippen LogP contribution in [0.1, 0.15) is 24.3 Å². The van der Waals surface area contributed by atoms with Gasteiger partial charge in [-0.15, -0.1) is 10.2 Å². The maximum absolute atomic E-state index is 12.0. The van der Waals surface area contributed by atoms with Gasteiger partial charge in [-0.2, -0.15) is 0 Å². The predicted molar refractivity (Wildman–Crippen MR) is 102 cm³/mol. The number of para-hydroxylation sites is 2. The fourth-order valence-corrected chi connectivity index (χ4v) is 2.70. The molecule has 1 aliphatic rings. The summed E-state index contributed by atoms with van der Waals surface area (Å²) in [6.07, 6.45) is 0. The van der Waals surface area contributed by atoms with Crippen LogP contribution in [0.3, 0.4) is 0 Å². The maximum atomic E-state index is 12.0. The summed E-state index contributed by atoms with van der Waals surface area (Å²) in [5.41, 5.74) is 2.38. The summed E-state index contributed by atoms with van der Waals surface area (Å²) in [4.78, 5) is 14.3. The number of nitrogens with one attached hydrogen (secondary N) is 2. The molecule has 138 valence electrons. The molecule has 2 N–H and O–H groups in total. The largest absolute Gasteiger partial charge is 0.378 e. The number of nitrogens with zero attached hydrogens (tertiary/aromatic N) is 3. The van der Waals surface area contributed by atoms with E-state index in [1.807, 2.05) is 32.0 Å². The molecule has 2 aromatic rings. The first-order chi connectivity index (χ1) is 12.6. The quantitative estimate of drug-likeness (QED) is 0.829.